The van der Waals surface area contributed by atoms with E-state index in [9.17, 15) is 4.79 Å². The Kier molecular flexibility index (Phi) is 6.02. The Labute approximate surface area is 193 Å². The summed E-state index contributed by atoms with van der Waals surface area (Å²) in [7, 11) is 3.75. The van der Waals surface area contributed by atoms with Gasteiger partial charge in [-0.2, -0.15) is 5.10 Å². The average Bonchev–Trinajstić information content (AvgIpc) is 3.51. The first-order chi connectivity index (χ1) is 16.1. The van der Waals surface area contributed by atoms with E-state index in [2.05, 4.69) is 38.8 Å². The Bertz CT molecular complexity index is 1130. The van der Waals surface area contributed by atoms with Crippen LogP contribution < -0.4 is 20.1 Å². The normalized spacial score (nSPS) is 20.3. The van der Waals surface area contributed by atoms with Crippen molar-refractivity contribution >= 4 is 11.6 Å². The van der Waals surface area contributed by atoms with Gasteiger partial charge in [-0.25, -0.2) is 0 Å². The minimum atomic E-state index is -0.330. The van der Waals surface area contributed by atoms with Gasteiger partial charge in [0, 0.05) is 31.4 Å². The number of nitrogens with zero attached hydrogens (tertiary/aromatic N) is 2. The lowest BCUT2D eigenvalue weighted by Gasteiger charge is -2.26. The van der Waals surface area contributed by atoms with Crippen LogP contribution in [0.3, 0.4) is 0 Å². The number of benzene rings is 2. The van der Waals surface area contributed by atoms with E-state index in [1.165, 1.54) is 5.56 Å². The van der Waals surface area contributed by atoms with Gasteiger partial charge in [0.2, 0.25) is 5.91 Å². The van der Waals surface area contributed by atoms with Crippen molar-refractivity contribution < 1.29 is 14.3 Å². The van der Waals surface area contributed by atoms with Gasteiger partial charge in [0.15, 0.2) is 0 Å². The van der Waals surface area contributed by atoms with Crippen molar-refractivity contribution in [2.45, 2.75) is 31.5 Å². The molecule has 2 atom stereocenters. The summed E-state index contributed by atoms with van der Waals surface area (Å²) < 4.78 is 11.7. The van der Waals surface area contributed by atoms with Crippen LogP contribution in [0.5, 0.6) is 11.5 Å². The minimum absolute atomic E-state index is 0.0760. The predicted octanol–water partition coefficient (Wildman–Crippen LogP) is 2.82. The summed E-state index contributed by atoms with van der Waals surface area (Å²) >= 11 is 0. The van der Waals surface area contributed by atoms with Gasteiger partial charge in [-0.15, -0.1) is 0 Å². The highest BCUT2D eigenvalue weighted by molar-refractivity contribution is 5.97. The molecule has 5 rings (SSSR count). The number of fused-ring (bicyclic) bond motifs is 1. The highest BCUT2D eigenvalue weighted by Crippen LogP contribution is 2.33. The van der Waals surface area contributed by atoms with Crippen LogP contribution in [0.4, 0.5) is 5.69 Å². The minimum Gasteiger partial charge on any atom is -0.497 e. The number of aromatic amines is 1. The fraction of sp³-hybridized carbons (Fsp3) is 0.360. The summed E-state index contributed by atoms with van der Waals surface area (Å²) in [5.74, 6) is 1.41. The first kappa shape index (κ1) is 21.5. The monoisotopic (exact) mass is 447 g/mol. The number of ether oxygens (including phenoxy) is 2. The van der Waals surface area contributed by atoms with Crippen LogP contribution in [0.1, 0.15) is 17.5 Å². The summed E-state index contributed by atoms with van der Waals surface area (Å²) in [6.45, 7) is 2.52. The molecule has 2 aliphatic heterocycles. The van der Waals surface area contributed by atoms with Gasteiger partial charge in [-0.1, -0.05) is 12.1 Å². The number of carbonyl (C=O) groups is 1. The lowest BCUT2D eigenvalue weighted by molar-refractivity contribution is -0.118. The van der Waals surface area contributed by atoms with Gasteiger partial charge in [0.1, 0.15) is 17.6 Å². The zero-order chi connectivity index (χ0) is 22.8. The zero-order valence-electron chi connectivity index (χ0n) is 18.9. The molecule has 0 radical (unpaired) electrons. The van der Waals surface area contributed by atoms with Gasteiger partial charge in [-0.05, 0) is 60.8 Å². The third kappa shape index (κ3) is 4.72. The summed E-state index contributed by atoms with van der Waals surface area (Å²) in [5.41, 5.74) is 4.97. The molecular weight excluding hydrogens is 418 g/mol. The molecule has 3 heterocycles. The molecular formula is C25H29N5O3. The number of nitrogens with one attached hydrogen (secondary N) is 3. The van der Waals surface area contributed by atoms with E-state index in [-0.39, 0.29) is 18.1 Å². The lowest BCUT2D eigenvalue weighted by atomic mass is 9.95. The van der Waals surface area contributed by atoms with Crippen molar-refractivity contribution in [2.75, 3.05) is 32.6 Å². The number of H-pyrrole nitrogens is 1. The van der Waals surface area contributed by atoms with E-state index in [0.717, 1.165) is 42.0 Å². The Morgan fingerprint density at radius 1 is 1.18 bits per heavy atom. The molecule has 1 amide bonds. The second-order valence-corrected chi connectivity index (χ2v) is 8.75. The Morgan fingerprint density at radius 2 is 2.09 bits per heavy atom. The fourth-order valence-electron chi connectivity index (χ4n) is 4.50. The van der Waals surface area contributed by atoms with Crippen LogP contribution in [-0.2, 0) is 17.8 Å². The number of aromatic nitrogens is 2. The van der Waals surface area contributed by atoms with Crippen molar-refractivity contribution in [2.24, 2.45) is 0 Å². The number of hydrogen-bond acceptors (Lipinski definition) is 6. The van der Waals surface area contributed by atoms with Crippen LogP contribution in [-0.4, -0.2) is 60.4 Å². The van der Waals surface area contributed by atoms with E-state index >= 15 is 0 Å². The first-order valence-electron chi connectivity index (χ1n) is 11.3. The van der Waals surface area contributed by atoms with Crippen LogP contribution in [0.2, 0.25) is 0 Å². The molecule has 0 aliphatic carbocycles. The molecule has 8 nitrogen and oxygen atoms in total. The molecule has 1 aromatic heterocycles. The maximum Gasteiger partial charge on any atom is 0.241 e. The highest BCUT2D eigenvalue weighted by atomic mass is 16.5. The van der Waals surface area contributed by atoms with Crippen molar-refractivity contribution in [1.82, 2.24) is 20.4 Å². The lowest BCUT2D eigenvalue weighted by Crippen LogP contribution is -2.44. The number of likely N-dealkylation sites (N-methyl/N-ethyl adjacent to an activating group) is 1. The van der Waals surface area contributed by atoms with Crippen molar-refractivity contribution in [1.29, 1.82) is 0 Å². The van der Waals surface area contributed by atoms with Gasteiger partial charge in [-0.3, -0.25) is 9.89 Å². The van der Waals surface area contributed by atoms with E-state index < -0.39 is 0 Å². The molecule has 8 heteroatoms. The maximum atomic E-state index is 13.2. The van der Waals surface area contributed by atoms with Crippen LogP contribution in [0.25, 0.3) is 11.1 Å². The molecule has 1 saturated heterocycles. The van der Waals surface area contributed by atoms with Crippen LogP contribution >= 0.6 is 0 Å². The van der Waals surface area contributed by atoms with Crippen LogP contribution in [0, 0.1) is 0 Å². The fourth-order valence-corrected chi connectivity index (χ4v) is 4.50. The molecule has 0 spiro atoms. The number of rotatable bonds is 6. The Morgan fingerprint density at radius 3 is 2.85 bits per heavy atom. The summed E-state index contributed by atoms with van der Waals surface area (Å²) in [6.07, 6.45) is 5.28. The molecule has 3 aromatic rings. The Balaban J connectivity index is 1.36. The highest BCUT2D eigenvalue weighted by Gasteiger charge is 2.27. The third-order valence-corrected chi connectivity index (χ3v) is 6.41. The second-order valence-electron chi connectivity index (χ2n) is 8.75. The number of anilines is 1. The summed E-state index contributed by atoms with van der Waals surface area (Å²) in [6, 6.07) is 11.6. The van der Waals surface area contributed by atoms with Gasteiger partial charge >= 0.3 is 0 Å². The van der Waals surface area contributed by atoms with E-state index in [0.29, 0.717) is 24.4 Å². The quantitative estimate of drug-likeness (QED) is 0.538. The number of methoxy groups -OCH3 is 1. The zero-order valence-corrected chi connectivity index (χ0v) is 18.9. The summed E-state index contributed by atoms with van der Waals surface area (Å²) in [5, 5.41) is 13.3. The van der Waals surface area contributed by atoms with Gasteiger partial charge < -0.3 is 25.0 Å². The van der Waals surface area contributed by atoms with Crippen molar-refractivity contribution in [3.8, 4) is 22.6 Å². The van der Waals surface area contributed by atoms with Gasteiger partial charge in [0.05, 0.1) is 25.0 Å². The van der Waals surface area contributed by atoms with Crippen molar-refractivity contribution in [3.05, 3.63) is 59.9 Å². The largest absolute Gasteiger partial charge is 0.497 e. The first-order valence-corrected chi connectivity index (χ1v) is 11.3. The van der Waals surface area contributed by atoms with E-state index in [1.807, 2.05) is 36.5 Å². The molecule has 33 heavy (non-hydrogen) atoms. The standard InChI is InChI=1S/C25H29N5O3/c1-30-8-7-21(15-30)33-24-11-16(19-13-27-28-14-19)4-6-22(24)29-25(31)23-10-18-9-20(32-2)5-3-17(18)12-26-23/h3-6,9,11,13-14,21,23,26H,7-8,10,12,15H2,1-2H3,(H,27,28)(H,29,31)/t21?,23-/m1/s1. The molecule has 1 unspecified atom stereocenters. The number of carbonyl (C=O) groups excluding carboxylic acids is 1. The second kappa shape index (κ2) is 9.25. The molecule has 0 saturated carbocycles. The SMILES string of the molecule is COc1ccc2c(c1)C[C@H](C(=O)Nc1ccc(-c3cn[nH]c3)cc1OC1CCN(C)C1)NC2. The number of likely N-dealkylation sites (tertiary alicyclic amines) is 1. The molecule has 0 bridgehead atoms. The molecule has 1 fully saturated rings. The average molecular weight is 448 g/mol. The Hall–Kier alpha value is -3.36. The maximum absolute atomic E-state index is 13.2. The molecule has 172 valence electrons. The molecule has 2 aromatic carbocycles. The van der Waals surface area contributed by atoms with E-state index in [1.54, 1.807) is 13.3 Å². The van der Waals surface area contributed by atoms with Gasteiger partial charge in [0.25, 0.3) is 0 Å². The molecule has 2 aliphatic rings. The smallest absolute Gasteiger partial charge is 0.241 e. The molecule has 3 N–H and O–H groups in total. The summed E-state index contributed by atoms with van der Waals surface area (Å²) in [4.78, 5) is 15.5. The number of amides is 1. The predicted molar refractivity (Wildman–Crippen MR) is 127 cm³/mol. The number of hydrogen-bond donors (Lipinski definition) is 3. The topological polar surface area (TPSA) is 91.5 Å². The van der Waals surface area contributed by atoms with Crippen LogP contribution in [0.15, 0.2) is 48.8 Å². The van der Waals surface area contributed by atoms with E-state index in [4.69, 9.17) is 9.47 Å². The van der Waals surface area contributed by atoms with Crippen molar-refractivity contribution in [3.63, 3.8) is 0 Å². The third-order valence-electron chi connectivity index (χ3n) is 6.41.